The zero-order valence-electron chi connectivity index (χ0n) is 34.3. The molecule has 1 amide bonds. The monoisotopic (exact) mass is 813 g/mol. The van der Waals surface area contributed by atoms with E-state index in [1.807, 2.05) is 19.1 Å². The number of methoxy groups -OCH3 is 3. The van der Waals surface area contributed by atoms with Gasteiger partial charge in [-0.3, -0.25) is 14.4 Å². The standard InChI is InChI=1S/C32H40ClN3O4S.C11H24N2O2/c1-20-6-4-8-28(39-3)25-11-9-23(25)17-36-18-32(15-5-7-22-16-24(33)10-12-26(22)32)19-40-29-14-13-27(34-30(29)36)31(37)35-41(38)21(20)2;1-4-12-5-7-13(8-6-12)11(9-14-2)10-15-3/h4,8,10,12-14,16,20-21,23,25,28H,5-7,9,11,15,17-19H2,1-3H3,(H,35,37);11H,4-10H2,1-3H3/b8-4+;/t20?,21?,23?,25?,28?,32-,41?;/m0./s1. The minimum Gasteiger partial charge on any atom is -0.489 e. The van der Waals surface area contributed by atoms with Crippen LogP contribution in [0.4, 0.5) is 5.82 Å². The molecule has 2 bridgehead atoms. The van der Waals surface area contributed by atoms with Crippen molar-refractivity contribution < 1.29 is 28.0 Å². The molecule has 2 aliphatic carbocycles. The fraction of sp³-hybridized carbons (Fsp3) is 0.674. The maximum absolute atomic E-state index is 13.3. The van der Waals surface area contributed by atoms with Crippen molar-refractivity contribution in [3.05, 3.63) is 64.3 Å². The molecule has 4 heterocycles. The summed E-state index contributed by atoms with van der Waals surface area (Å²) in [6, 6.07) is 10.2. The normalized spacial score (nSPS) is 30.5. The number of aryl methyl sites for hydroxylation is 1. The van der Waals surface area contributed by atoms with Gasteiger partial charge >= 0.3 is 0 Å². The van der Waals surface area contributed by atoms with Crippen LogP contribution < -0.4 is 14.4 Å². The van der Waals surface area contributed by atoms with Crippen molar-refractivity contribution in [1.29, 1.82) is 0 Å². The molecule has 1 saturated carbocycles. The van der Waals surface area contributed by atoms with E-state index in [0.29, 0.717) is 36.1 Å². The molecule has 1 aromatic heterocycles. The Morgan fingerprint density at radius 3 is 2.52 bits per heavy atom. The first-order valence-electron chi connectivity index (χ1n) is 20.6. The molecule has 310 valence electrons. The smallest absolute Gasteiger partial charge is 0.281 e. The van der Waals surface area contributed by atoms with Crippen molar-refractivity contribution >= 4 is 34.3 Å². The topological polar surface area (TPSA) is 106 Å². The number of ether oxygens (including phenoxy) is 4. The van der Waals surface area contributed by atoms with Crippen molar-refractivity contribution in [2.24, 2.45) is 17.8 Å². The van der Waals surface area contributed by atoms with E-state index in [-0.39, 0.29) is 28.4 Å². The molecule has 7 atom stereocenters. The highest BCUT2D eigenvalue weighted by atomic mass is 35.5. The van der Waals surface area contributed by atoms with Gasteiger partial charge in [0.1, 0.15) is 16.7 Å². The van der Waals surface area contributed by atoms with E-state index < -0.39 is 16.9 Å². The molecule has 7 rings (SSSR count). The Morgan fingerprint density at radius 2 is 1.84 bits per heavy atom. The minimum absolute atomic E-state index is 0.0304. The number of pyridine rings is 1. The molecular formula is C43H64ClN5O6S. The number of likely N-dealkylation sites (N-methyl/N-ethyl adjacent to an activating group) is 1. The van der Waals surface area contributed by atoms with Crippen LogP contribution in [0.5, 0.6) is 5.75 Å². The number of aromatic nitrogens is 1. The van der Waals surface area contributed by atoms with Gasteiger partial charge in [0, 0.05) is 71.0 Å². The van der Waals surface area contributed by atoms with Gasteiger partial charge in [0.05, 0.1) is 37.2 Å². The van der Waals surface area contributed by atoms with Crippen molar-refractivity contribution in [3.8, 4) is 5.75 Å². The van der Waals surface area contributed by atoms with Crippen LogP contribution in [0.2, 0.25) is 5.02 Å². The minimum atomic E-state index is -1.54. The van der Waals surface area contributed by atoms with Crippen LogP contribution in [0.15, 0.2) is 42.5 Å². The lowest BCUT2D eigenvalue weighted by atomic mass is 9.68. The van der Waals surface area contributed by atoms with Gasteiger partial charge in [0.25, 0.3) is 5.91 Å². The van der Waals surface area contributed by atoms with Crippen LogP contribution in [0.3, 0.4) is 0 Å². The third-order valence-electron chi connectivity index (χ3n) is 13.0. The number of hydrogen-bond donors (Lipinski definition) is 1. The van der Waals surface area contributed by atoms with E-state index in [0.717, 1.165) is 89.5 Å². The number of rotatable bonds is 7. The molecule has 1 spiro atoms. The molecule has 2 fully saturated rings. The highest BCUT2D eigenvalue weighted by molar-refractivity contribution is 7.84. The van der Waals surface area contributed by atoms with Crippen molar-refractivity contribution in [1.82, 2.24) is 19.5 Å². The van der Waals surface area contributed by atoms with E-state index >= 15 is 0 Å². The van der Waals surface area contributed by atoms with Gasteiger partial charge in [0.15, 0.2) is 11.6 Å². The molecule has 56 heavy (non-hydrogen) atoms. The number of amides is 1. The van der Waals surface area contributed by atoms with E-state index in [4.69, 9.17) is 35.5 Å². The van der Waals surface area contributed by atoms with Gasteiger partial charge in [-0.15, -0.1) is 0 Å². The molecule has 6 unspecified atom stereocenters. The maximum Gasteiger partial charge on any atom is 0.281 e. The Kier molecular flexibility index (Phi) is 15.3. The summed E-state index contributed by atoms with van der Waals surface area (Å²) in [6.45, 7) is 15.6. The Morgan fingerprint density at radius 1 is 1.07 bits per heavy atom. The van der Waals surface area contributed by atoms with E-state index in [2.05, 4.69) is 57.6 Å². The summed E-state index contributed by atoms with van der Waals surface area (Å²) in [5, 5.41) is 0.548. The summed E-state index contributed by atoms with van der Waals surface area (Å²) in [5.41, 5.74) is 2.63. The summed E-state index contributed by atoms with van der Waals surface area (Å²) < 4.78 is 38.8. The molecular weight excluding hydrogens is 750 g/mol. The molecule has 0 radical (unpaired) electrons. The Balaban J connectivity index is 0.000000299. The first kappa shape index (κ1) is 43.0. The van der Waals surface area contributed by atoms with Crippen LogP contribution in [0.1, 0.15) is 74.5 Å². The Hall–Kier alpha value is -2.58. The SMILES string of the molecule is CCN1CCN(C(COC)COC)CC1.COC1/C=C/CC(C)C(C)S(=O)NC(=O)c2ccc3c(n2)N(CC2CCC21)C[C@@]1(CCCc2cc(Cl)ccc21)CO3. The van der Waals surface area contributed by atoms with Crippen LogP contribution in [0.25, 0.3) is 0 Å². The first-order chi connectivity index (χ1) is 27.1. The lowest BCUT2D eigenvalue weighted by molar-refractivity contribution is 0.0117. The highest BCUT2D eigenvalue weighted by Gasteiger charge is 2.45. The number of piperazine rings is 1. The zero-order valence-corrected chi connectivity index (χ0v) is 35.9. The van der Waals surface area contributed by atoms with E-state index in [9.17, 15) is 9.00 Å². The summed E-state index contributed by atoms with van der Waals surface area (Å²) in [7, 11) is 3.76. The highest BCUT2D eigenvalue weighted by Crippen LogP contribution is 2.46. The van der Waals surface area contributed by atoms with Crippen LogP contribution in [0, 0.1) is 17.8 Å². The third-order valence-corrected chi connectivity index (χ3v) is 14.8. The Labute approximate surface area is 342 Å². The van der Waals surface area contributed by atoms with Crippen LogP contribution in [-0.4, -0.2) is 129 Å². The number of nitrogens with one attached hydrogen (secondary N) is 1. The molecule has 5 aliphatic rings. The second-order valence-electron chi connectivity index (χ2n) is 16.4. The predicted molar refractivity (Wildman–Crippen MR) is 224 cm³/mol. The number of hydrogen-bond acceptors (Lipinski definition) is 10. The largest absolute Gasteiger partial charge is 0.489 e. The number of nitrogens with zero attached hydrogens (tertiary/aromatic N) is 4. The summed E-state index contributed by atoms with van der Waals surface area (Å²) in [4.78, 5) is 25.5. The second-order valence-corrected chi connectivity index (χ2v) is 18.4. The maximum atomic E-state index is 13.3. The number of carbonyl (C=O) groups excluding carboxylic acids is 1. The average molecular weight is 815 g/mol. The summed E-state index contributed by atoms with van der Waals surface area (Å²) in [5.74, 6) is 1.90. The number of halogens is 1. The number of benzene rings is 1. The number of fused-ring (bicyclic) bond motifs is 4. The van der Waals surface area contributed by atoms with Crippen LogP contribution >= 0.6 is 11.6 Å². The third kappa shape index (κ3) is 9.98. The molecule has 11 nitrogen and oxygen atoms in total. The average Bonchev–Trinajstić information content (AvgIpc) is 3.35. The molecule has 1 saturated heterocycles. The van der Waals surface area contributed by atoms with E-state index in [1.165, 1.54) is 24.2 Å². The van der Waals surface area contributed by atoms with Gasteiger partial charge < -0.3 is 28.7 Å². The first-order valence-corrected chi connectivity index (χ1v) is 22.2. The zero-order chi connectivity index (χ0) is 39.8. The summed E-state index contributed by atoms with van der Waals surface area (Å²) >= 11 is 6.40. The quantitative estimate of drug-likeness (QED) is 0.340. The van der Waals surface area contributed by atoms with Gasteiger partial charge in [-0.1, -0.05) is 43.7 Å². The number of allylic oxidation sites excluding steroid dienone is 1. The number of anilines is 1. The molecule has 2 aromatic rings. The second kappa shape index (κ2) is 19.9. The molecule has 13 heteroatoms. The molecule has 1 N–H and O–H groups in total. The molecule has 3 aliphatic heterocycles. The van der Waals surface area contributed by atoms with Crippen molar-refractivity contribution in [3.63, 3.8) is 0 Å². The van der Waals surface area contributed by atoms with Crippen molar-refractivity contribution in [2.75, 3.05) is 91.9 Å². The number of carbonyl (C=O) groups is 1. The van der Waals surface area contributed by atoms with Gasteiger partial charge in [-0.2, -0.15) is 0 Å². The van der Waals surface area contributed by atoms with Gasteiger partial charge in [0.2, 0.25) is 0 Å². The van der Waals surface area contributed by atoms with E-state index in [1.54, 1.807) is 27.4 Å². The molecule has 1 aromatic carbocycles. The van der Waals surface area contributed by atoms with Crippen molar-refractivity contribution in [2.45, 2.75) is 82.1 Å². The lowest BCUT2D eigenvalue weighted by Gasteiger charge is -2.45. The van der Waals surface area contributed by atoms with Crippen LogP contribution in [-0.2, 0) is 37.0 Å². The predicted octanol–water partition coefficient (Wildman–Crippen LogP) is 5.91. The fourth-order valence-corrected chi connectivity index (χ4v) is 10.4. The van der Waals surface area contributed by atoms with Gasteiger partial charge in [-0.05, 0) is 105 Å². The Bertz CT molecular complexity index is 1670. The fourth-order valence-electron chi connectivity index (χ4n) is 9.19. The lowest BCUT2D eigenvalue weighted by Crippen LogP contribution is -2.52. The summed E-state index contributed by atoms with van der Waals surface area (Å²) in [6.07, 6.45) is 10.5. The van der Waals surface area contributed by atoms with Gasteiger partial charge in [-0.25, -0.2) is 9.19 Å².